The fourth-order valence-corrected chi connectivity index (χ4v) is 2.88. The number of amides is 1. The first kappa shape index (κ1) is 16.6. The van der Waals surface area contributed by atoms with E-state index in [1.54, 1.807) is 11.3 Å². The molecule has 2 aromatic rings. The first-order valence-electron chi connectivity index (χ1n) is 7.69. The normalized spacial score (nSPS) is 12.1. The number of aromatic nitrogens is 1. The Morgan fingerprint density at radius 1 is 1.27 bits per heavy atom. The van der Waals surface area contributed by atoms with Crippen LogP contribution in [0.15, 0.2) is 30.5 Å². The molecule has 0 aliphatic rings. The fraction of sp³-hybridized carbons (Fsp3) is 0.412. The van der Waals surface area contributed by atoms with Crippen molar-refractivity contribution in [1.82, 2.24) is 10.3 Å². The second kappa shape index (κ2) is 8.06. The molecule has 1 atom stereocenters. The lowest BCUT2D eigenvalue weighted by Crippen LogP contribution is -2.17. The predicted molar refractivity (Wildman–Crippen MR) is 92.1 cm³/mol. The molecule has 0 spiro atoms. The number of hydrogen-bond donors (Lipinski definition) is 2. The molecule has 5 heteroatoms. The molecule has 0 bridgehead atoms. The number of hydrogen-bond acceptors (Lipinski definition) is 4. The molecule has 118 valence electrons. The summed E-state index contributed by atoms with van der Waals surface area (Å²) in [6.45, 7) is 6.94. The first-order valence-corrected chi connectivity index (χ1v) is 8.50. The number of carbonyl (C=O) groups is 1. The summed E-state index contributed by atoms with van der Waals surface area (Å²) in [4.78, 5) is 17.0. The third-order valence-electron chi connectivity index (χ3n) is 3.50. The quantitative estimate of drug-likeness (QED) is 0.814. The Hall–Kier alpha value is -1.72. The Kier molecular flexibility index (Phi) is 6.10. The van der Waals surface area contributed by atoms with Crippen molar-refractivity contribution in [2.75, 3.05) is 5.32 Å². The largest absolute Gasteiger partial charge is 0.326 e. The Bertz CT molecular complexity index is 607. The van der Waals surface area contributed by atoms with Crippen LogP contribution in [0.1, 0.15) is 48.7 Å². The van der Waals surface area contributed by atoms with Crippen LogP contribution in [0, 0.1) is 0 Å². The minimum atomic E-state index is 0.0378. The molecule has 0 saturated carbocycles. The van der Waals surface area contributed by atoms with E-state index in [2.05, 4.69) is 29.5 Å². The third-order valence-corrected chi connectivity index (χ3v) is 4.64. The molecular formula is C17H23N3OS. The topological polar surface area (TPSA) is 54.0 Å². The number of carbonyl (C=O) groups excluding carboxylic acids is 1. The van der Waals surface area contributed by atoms with E-state index in [1.165, 1.54) is 15.4 Å². The highest BCUT2D eigenvalue weighted by Gasteiger charge is 2.07. The van der Waals surface area contributed by atoms with Crippen LogP contribution in [0.3, 0.4) is 0 Å². The van der Waals surface area contributed by atoms with Crippen molar-refractivity contribution in [3.05, 3.63) is 45.9 Å². The molecule has 0 fully saturated rings. The summed E-state index contributed by atoms with van der Waals surface area (Å²) in [6.07, 6.45) is 3.44. The minimum Gasteiger partial charge on any atom is -0.326 e. The van der Waals surface area contributed by atoms with Crippen LogP contribution in [0.25, 0.3) is 0 Å². The van der Waals surface area contributed by atoms with Gasteiger partial charge in [-0.05, 0) is 31.0 Å². The second-order valence-corrected chi connectivity index (χ2v) is 6.40. The van der Waals surface area contributed by atoms with Gasteiger partial charge in [-0.15, -0.1) is 11.3 Å². The van der Waals surface area contributed by atoms with Gasteiger partial charge in [0.15, 0.2) is 0 Å². The zero-order valence-electron chi connectivity index (χ0n) is 13.3. The van der Waals surface area contributed by atoms with Gasteiger partial charge in [0.25, 0.3) is 0 Å². The molecule has 1 aromatic carbocycles. The van der Waals surface area contributed by atoms with Gasteiger partial charge < -0.3 is 10.6 Å². The summed E-state index contributed by atoms with van der Waals surface area (Å²) in [6, 6.07) is 8.25. The molecule has 0 radical (unpaired) electrons. The molecule has 4 nitrogen and oxygen atoms in total. The molecule has 0 aliphatic heterocycles. The van der Waals surface area contributed by atoms with Crippen LogP contribution in [-0.2, 0) is 17.8 Å². The van der Waals surface area contributed by atoms with Crippen LogP contribution >= 0.6 is 11.3 Å². The van der Waals surface area contributed by atoms with E-state index in [4.69, 9.17) is 0 Å². The zero-order valence-corrected chi connectivity index (χ0v) is 14.2. The van der Waals surface area contributed by atoms with Crippen molar-refractivity contribution in [3.63, 3.8) is 0 Å². The van der Waals surface area contributed by atoms with E-state index in [0.29, 0.717) is 6.42 Å². The van der Waals surface area contributed by atoms with Crippen LogP contribution in [-0.4, -0.2) is 10.9 Å². The zero-order chi connectivity index (χ0) is 15.9. The van der Waals surface area contributed by atoms with E-state index in [-0.39, 0.29) is 11.9 Å². The smallest absolute Gasteiger partial charge is 0.224 e. The van der Waals surface area contributed by atoms with Crippen LogP contribution in [0.4, 0.5) is 5.69 Å². The number of anilines is 1. The lowest BCUT2D eigenvalue weighted by atomic mass is 10.1. The van der Waals surface area contributed by atoms with Gasteiger partial charge in [0.05, 0.1) is 5.01 Å². The Balaban J connectivity index is 1.89. The van der Waals surface area contributed by atoms with E-state index in [0.717, 1.165) is 18.7 Å². The first-order chi connectivity index (χ1) is 10.6. The average molecular weight is 317 g/mol. The molecule has 1 amide bonds. The Morgan fingerprint density at radius 3 is 2.59 bits per heavy atom. The molecule has 0 unspecified atom stereocenters. The SMILES string of the molecule is CCC(=O)Nc1ccc([C@H](C)NCc2cnc(CC)s2)cc1. The Labute approximate surface area is 136 Å². The molecule has 0 saturated heterocycles. The number of aryl methyl sites for hydroxylation is 1. The monoisotopic (exact) mass is 317 g/mol. The number of nitrogens with one attached hydrogen (secondary N) is 2. The fourth-order valence-electron chi connectivity index (χ4n) is 2.07. The maximum absolute atomic E-state index is 11.4. The van der Waals surface area contributed by atoms with Gasteiger partial charge in [-0.25, -0.2) is 4.98 Å². The van der Waals surface area contributed by atoms with Crippen LogP contribution in [0.5, 0.6) is 0 Å². The molecule has 22 heavy (non-hydrogen) atoms. The van der Waals surface area contributed by atoms with Gasteiger partial charge >= 0.3 is 0 Å². The van der Waals surface area contributed by atoms with Gasteiger partial charge in [0, 0.05) is 35.8 Å². The van der Waals surface area contributed by atoms with Crippen molar-refractivity contribution in [3.8, 4) is 0 Å². The molecule has 2 rings (SSSR count). The third kappa shape index (κ3) is 4.64. The van der Waals surface area contributed by atoms with Crippen molar-refractivity contribution >= 4 is 22.9 Å². The van der Waals surface area contributed by atoms with Gasteiger partial charge in [0.1, 0.15) is 0 Å². The van der Waals surface area contributed by atoms with Crippen molar-refractivity contribution in [1.29, 1.82) is 0 Å². The molecule has 0 aliphatic carbocycles. The Morgan fingerprint density at radius 2 is 2.00 bits per heavy atom. The summed E-state index contributed by atoms with van der Waals surface area (Å²) in [7, 11) is 0. The average Bonchev–Trinajstić information content (AvgIpc) is 3.01. The molecule has 2 N–H and O–H groups in total. The second-order valence-electron chi connectivity index (χ2n) is 5.20. The van der Waals surface area contributed by atoms with Crippen LogP contribution < -0.4 is 10.6 Å². The molecular weight excluding hydrogens is 294 g/mol. The number of thiazole rings is 1. The van der Waals surface area contributed by atoms with Crippen molar-refractivity contribution in [2.45, 2.75) is 46.2 Å². The van der Waals surface area contributed by atoms with Crippen molar-refractivity contribution < 1.29 is 4.79 Å². The predicted octanol–water partition coefficient (Wildman–Crippen LogP) is 3.90. The van der Waals surface area contributed by atoms with Gasteiger partial charge in [-0.2, -0.15) is 0 Å². The summed E-state index contributed by atoms with van der Waals surface area (Å²) in [5, 5.41) is 7.55. The lowest BCUT2D eigenvalue weighted by Gasteiger charge is -2.14. The highest BCUT2D eigenvalue weighted by Crippen LogP contribution is 2.18. The van der Waals surface area contributed by atoms with Gasteiger partial charge in [-0.3, -0.25) is 4.79 Å². The van der Waals surface area contributed by atoms with E-state index < -0.39 is 0 Å². The number of benzene rings is 1. The molecule has 1 heterocycles. The summed E-state index contributed by atoms with van der Waals surface area (Å²) < 4.78 is 0. The van der Waals surface area contributed by atoms with Crippen molar-refractivity contribution in [2.24, 2.45) is 0 Å². The highest BCUT2D eigenvalue weighted by atomic mass is 32.1. The van der Waals surface area contributed by atoms with E-state index in [9.17, 15) is 4.79 Å². The van der Waals surface area contributed by atoms with E-state index >= 15 is 0 Å². The number of rotatable bonds is 7. The number of nitrogens with zero attached hydrogens (tertiary/aromatic N) is 1. The van der Waals surface area contributed by atoms with E-state index in [1.807, 2.05) is 37.4 Å². The van der Waals surface area contributed by atoms with Gasteiger partial charge in [0.2, 0.25) is 5.91 Å². The van der Waals surface area contributed by atoms with Gasteiger partial charge in [-0.1, -0.05) is 26.0 Å². The summed E-state index contributed by atoms with van der Waals surface area (Å²) >= 11 is 1.76. The minimum absolute atomic E-state index is 0.0378. The summed E-state index contributed by atoms with van der Waals surface area (Å²) in [5.74, 6) is 0.0378. The summed E-state index contributed by atoms with van der Waals surface area (Å²) in [5.41, 5.74) is 2.05. The standard InChI is InChI=1S/C17H23N3OS/c1-4-16(21)20-14-8-6-13(7-9-14)12(3)18-10-15-11-19-17(5-2)22-15/h6-9,11-12,18H,4-5,10H2,1-3H3,(H,20,21)/t12-/m0/s1. The maximum Gasteiger partial charge on any atom is 0.224 e. The van der Waals surface area contributed by atoms with Crippen LogP contribution in [0.2, 0.25) is 0 Å². The maximum atomic E-state index is 11.4. The highest BCUT2D eigenvalue weighted by molar-refractivity contribution is 7.11. The lowest BCUT2D eigenvalue weighted by molar-refractivity contribution is -0.115. The molecule has 1 aromatic heterocycles.